The molecule has 0 bridgehead atoms. The maximum atomic E-state index is 12.4. The molecule has 0 radical (unpaired) electrons. The lowest BCUT2D eigenvalue weighted by Gasteiger charge is -2.15. The van der Waals surface area contributed by atoms with Crippen LogP contribution < -0.4 is 5.32 Å². The fourth-order valence-electron chi connectivity index (χ4n) is 1.73. The van der Waals surface area contributed by atoms with Crippen LogP contribution in [0.5, 0.6) is 0 Å². The van der Waals surface area contributed by atoms with Crippen LogP contribution in [-0.2, 0) is 6.18 Å². The Kier molecular flexibility index (Phi) is 3.75. The Morgan fingerprint density at radius 3 is 2.47 bits per heavy atom. The van der Waals surface area contributed by atoms with E-state index in [2.05, 4.69) is 15.5 Å². The molecule has 1 atom stereocenters. The molecule has 1 heterocycles. The van der Waals surface area contributed by atoms with E-state index in [-0.39, 0.29) is 11.2 Å². The molecule has 1 aromatic carbocycles. The first-order valence-corrected chi connectivity index (χ1v) is 6.42. The minimum atomic E-state index is -4.44. The van der Waals surface area contributed by atoms with Gasteiger partial charge >= 0.3 is 6.18 Å². The number of rotatable bonds is 3. The number of aryl methyl sites for hydroxylation is 1. The van der Waals surface area contributed by atoms with E-state index in [9.17, 15) is 13.2 Å². The van der Waals surface area contributed by atoms with Crippen LogP contribution in [-0.4, -0.2) is 10.2 Å². The molecule has 0 amide bonds. The maximum absolute atomic E-state index is 12.4. The molecule has 2 aromatic rings. The summed E-state index contributed by atoms with van der Waals surface area (Å²) in [5.74, 6) is 0. The summed E-state index contributed by atoms with van der Waals surface area (Å²) < 4.78 is 37.2. The third kappa shape index (κ3) is 3.23. The topological polar surface area (TPSA) is 37.8 Å². The SMILES string of the molecule is Cc1ccccc1C(C)Nc1nnc(C(F)(F)F)s1. The summed E-state index contributed by atoms with van der Waals surface area (Å²) in [6.45, 7) is 3.83. The van der Waals surface area contributed by atoms with Crippen molar-refractivity contribution in [2.45, 2.75) is 26.1 Å². The molecule has 7 heteroatoms. The molecule has 1 unspecified atom stereocenters. The molecule has 0 saturated carbocycles. The van der Waals surface area contributed by atoms with Gasteiger partial charge in [0.05, 0.1) is 6.04 Å². The second-order valence-corrected chi connectivity index (χ2v) is 5.11. The number of halogens is 3. The molecule has 1 N–H and O–H groups in total. The molecule has 102 valence electrons. The molecule has 0 fully saturated rings. The van der Waals surface area contributed by atoms with Crippen molar-refractivity contribution in [3.05, 3.63) is 40.4 Å². The van der Waals surface area contributed by atoms with Gasteiger partial charge in [-0.1, -0.05) is 35.6 Å². The zero-order chi connectivity index (χ0) is 14.0. The summed E-state index contributed by atoms with van der Waals surface area (Å²) in [5, 5.41) is 8.82. The van der Waals surface area contributed by atoms with Gasteiger partial charge in [0.25, 0.3) is 0 Å². The minimum Gasteiger partial charge on any atom is -0.354 e. The van der Waals surface area contributed by atoms with Gasteiger partial charge in [-0.15, -0.1) is 10.2 Å². The summed E-state index contributed by atoms with van der Waals surface area (Å²) >= 11 is 0.510. The zero-order valence-corrected chi connectivity index (χ0v) is 11.1. The summed E-state index contributed by atoms with van der Waals surface area (Å²) in [6, 6.07) is 7.56. The highest BCUT2D eigenvalue weighted by Gasteiger charge is 2.35. The van der Waals surface area contributed by atoms with Crippen molar-refractivity contribution in [1.82, 2.24) is 10.2 Å². The number of anilines is 1. The number of benzene rings is 1. The van der Waals surface area contributed by atoms with Gasteiger partial charge in [0, 0.05) is 0 Å². The fraction of sp³-hybridized carbons (Fsp3) is 0.333. The molecule has 3 nitrogen and oxygen atoms in total. The van der Waals surface area contributed by atoms with Crippen LogP contribution in [0.2, 0.25) is 0 Å². The van der Waals surface area contributed by atoms with Crippen LogP contribution in [0.4, 0.5) is 18.3 Å². The summed E-state index contributed by atoms with van der Waals surface area (Å²) in [4.78, 5) is 0. The van der Waals surface area contributed by atoms with E-state index >= 15 is 0 Å². The number of hydrogen-bond acceptors (Lipinski definition) is 4. The van der Waals surface area contributed by atoms with Crippen molar-refractivity contribution in [3.8, 4) is 0 Å². The highest BCUT2D eigenvalue weighted by molar-refractivity contribution is 7.15. The first-order valence-electron chi connectivity index (χ1n) is 5.60. The molecule has 1 aromatic heterocycles. The molecule has 0 saturated heterocycles. The fourth-order valence-corrected chi connectivity index (χ4v) is 2.43. The van der Waals surface area contributed by atoms with E-state index < -0.39 is 11.2 Å². The van der Waals surface area contributed by atoms with Crippen molar-refractivity contribution < 1.29 is 13.2 Å². The Bertz CT molecular complexity index is 565. The molecule has 0 aliphatic heterocycles. The van der Waals surface area contributed by atoms with Crippen molar-refractivity contribution in [2.24, 2.45) is 0 Å². The number of nitrogens with zero attached hydrogens (tertiary/aromatic N) is 2. The standard InChI is InChI=1S/C12H12F3N3S/c1-7-5-3-4-6-9(7)8(2)16-11-18-17-10(19-11)12(13,14)15/h3-6,8H,1-2H3,(H,16,18). The highest BCUT2D eigenvalue weighted by Crippen LogP contribution is 2.34. The molecule has 0 aliphatic rings. The van der Waals surface area contributed by atoms with E-state index in [0.29, 0.717) is 11.3 Å². The van der Waals surface area contributed by atoms with Gasteiger partial charge < -0.3 is 5.32 Å². The maximum Gasteiger partial charge on any atom is 0.445 e. The van der Waals surface area contributed by atoms with Crippen LogP contribution in [0.1, 0.15) is 29.1 Å². The predicted octanol–water partition coefficient (Wildman–Crippen LogP) is 4.04. The van der Waals surface area contributed by atoms with E-state index in [4.69, 9.17) is 0 Å². The van der Waals surface area contributed by atoms with Gasteiger partial charge in [0.15, 0.2) is 0 Å². The Labute approximate surface area is 112 Å². The Morgan fingerprint density at radius 2 is 1.89 bits per heavy atom. The van der Waals surface area contributed by atoms with Crippen LogP contribution in [0.25, 0.3) is 0 Å². The summed E-state index contributed by atoms with van der Waals surface area (Å²) in [7, 11) is 0. The largest absolute Gasteiger partial charge is 0.445 e. The second-order valence-electron chi connectivity index (χ2n) is 4.13. The Morgan fingerprint density at radius 1 is 1.21 bits per heavy atom. The minimum absolute atomic E-state index is 0.129. The first-order chi connectivity index (χ1) is 8.88. The number of nitrogens with one attached hydrogen (secondary N) is 1. The second kappa shape index (κ2) is 5.16. The molecule has 19 heavy (non-hydrogen) atoms. The van der Waals surface area contributed by atoms with Crippen molar-refractivity contribution in [2.75, 3.05) is 5.32 Å². The number of alkyl halides is 3. The van der Waals surface area contributed by atoms with E-state index in [1.165, 1.54) is 0 Å². The van der Waals surface area contributed by atoms with Crippen molar-refractivity contribution in [3.63, 3.8) is 0 Å². The Balaban J connectivity index is 2.14. The smallest absolute Gasteiger partial charge is 0.354 e. The third-order valence-electron chi connectivity index (χ3n) is 2.66. The summed E-state index contributed by atoms with van der Waals surface area (Å²) in [5.41, 5.74) is 2.09. The van der Waals surface area contributed by atoms with Crippen LogP contribution >= 0.6 is 11.3 Å². The van der Waals surface area contributed by atoms with Gasteiger partial charge in [-0.05, 0) is 25.0 Å². The average molecular weight is 287 g/mol. The lowest BCUT2D eigenvalue weighted by molar-refractivity contribution is -0.138. The van der Waals surface area contributed by atoms with Gasteiger partial charge in [-0.3, -0.25) is 0 Å². The quantitative estimate of drug-likeness (QED) is 0.925. The first kappa shape index (κ1) is 13.8. The van der Waals surface area contributed by atoms with Crippen LogP contribution in [0.15, 0.2) is 24.3 Å². The van der Waals surface area contributed by atoms with Crippen LogP contribution in [0, 0.1) is 6.92 Å². The van der Waals surface area contributed by atoms with E-state index in [1.54, 1.807) is 0 Å². The Hall–Kier alpha value is -1.63. The molecular weight excluding hydrogens is 275 g/mol. The van der Waals surface area contributed by atoms with Gasteiger partial charge in [-0.2, -0.15) is 13.2 Å². The van der Waals surface area contributed by atoms with E-state index in [1.807, 2.05) is 38.1 Å². The highest BCUT2D eigenvalue weighted by atomic mass is 32.1. The lowest BCUT2D eigenvalue weighted by Crippen LogP contribution is -2.07. The summed E-state index contributed by atoms with van der Waals surface area (Å²) in [6.07, 6.45) is -4.44. The molecule has 0 spiro atoms. The van der Waals surface area contributed by atoms with E-state index in [0.717, 1.165) is 11.1 Å². The van der Waals surface area contributed by atoms with Gasteiger partial charge in [0.1, 0.15) is 0 Å². The van der Waals surface area contributed by atoms with Crippen LogP contribution in [0.3, 0.4) is 0 Å². The molecule has 0 aliphatic carbocycles. The number of aromatic nitrogens is 2. The molecule has 2 rings (SSSR count). The number of hydrogen-bond donors (Lipinski definition) is 1. The van der Waals surface area contributed by atoms with Gasteiger partial charge in [-0.25, -0.2) is 0 Å². The average Bonchev–Trinajstić information content (AvgIpc) is 2.77. The van der Waals surface area contributed by atoms with Gasteiger partial charge in [0.2, 0.25) is 10.1 Å². The zero-order valence-electron chi connectivity index (χ0n) is 10.3. The molecular formula is C12H12F3N3S. The monoisotopic (exact) mass is 287 g/mol. The lowest BCUT2D eigenvalue weighted by atomic mass is 10.0. The predicted molar refractivity (Wildman–Crippen MR) is 68.1 cm³/mol. The third-order valence-corrected chi connectivity index (χ3v) is 3.56. The van der Waals surface area contributed by atoms with Crippen molar-refractivity contribution in [1.29, 1.82) is 0 Å². The van der Waals surface area contributed by atoms with Crippen molar-refractivity contribution >= 4 is 16.5 Å². The normalized spacial score (nSPS) is 13.3.